The lowest BCUT2D eigenvalue weighted by Crippen LogP contribution is -2.24. The highest BCUT2D eigenvalue weighted by atomic mass is 79.9. The Morgan fingerprint density at radius 2 is 2.07 bits per heavy atom. The minimum Gasteiger partial charge on any atom is -0.453 e. The fourth-order valence-electron chi connectivity index (χ4n) is 1.44. The van der Waals surface area contributed by atoms with Crippen LogP contribution in [0.1, 0.15) is 26.0 Å². The summed E-state index contributed by atoms with van der Waals surface area (Å²) in [5, 5.41) is 0. The molecule has 0 aliphatic rings. The van der Waals surface area contributed by atoms with Gasteiger partial charge in [0, 0.05) is 12.5 Å². The summed E-state index contributed by atoms with van der Waals surface area (Å²) in [7, 11) is 0. The Hall–Kier alpha value is 0.200. The zero-order valence-electron chi connectivity index (χ0n) is 8.39. The first-order valence-corrected chi connectivity index (χ1v) is 6.27. The third-order valence-electron chi connectivity index (χ3n) is 1.93. The topological polar surface area (TPSA) is 39.2 Å². The van der Waals surface area contributed by atoms with E-state index in [4.69, 9.17) is 10.2 Å². The first-order valence-electron chi connectivity index (χ1n) is 4.68. The highest BCUT2D eigenvalue weighted by Crippen LogP contribution is 2.27. The number of rotatable bonds is 4. The fraction of sp³-hybridized carbons (Fsp3) is 0.600. The zero-order valence-corrected chi connectivity index (χ0v) is 11.6. The van der Waals surface area contributed by atoms with Crippen LogP contribution in [0.2, 0.25) is 0 Å². The molecule has 0 bridgehead atoms. The van der Waals surface area contributed by atoms with Gasteiger partial charge in [-0.2, -0.15) is 0 Å². The van der Waals surface area contributed by atoms with E-state index in [0.29, 0.717) is 5.92 Å². The molecule has 1 atom stereocenters. The van der Waals surface area contributed by atoms with Gasteiger partial charge in [-0.05, 0) is 50.3 Å². The van der Waals surface area contributed by atoms with Crippen molar-refractivity contribution in [2.45, 2.75) is 32.7 Å². The van der Waals surface area contributed by atoms with Crippen molar-refractivity contribution in [2.24, 2.45) is 11.7 Å². The maximum absolute atomic E-state index is 5.98. The zero-order chi connectivity index (χ0) is 10.7. The van der Waals surface area contributed by atoms with Crippen LogP contribution in [0.25, 0.3) is 0 Å². The third-order valence-corrected chi connectivity index (χ3v) is 3.64. The number of hydrogen-bond donors (Lipinski definition) is 1. The molecule has 0 radical (unpaired) electrons. The maximum Gasteiger partial charge on any atom is 0.183 e. The van der Waals surface area contributed by atoms with Crippen molar-refractivity contribution < 1.29 is 4.42 Å². The Morgan fingerprint density at radius 3 is 2.50 bits per heavy atom. The summed E-state index contributed by atoms with van der Waals surface area (Å²) in [6.07, 6.45) is 1.82. The average Bonchev–Trinajstić information content (AvgIpc) is 2.28. The first-order chi connectivity index (χ1) is 6.49. The van der Waals surface area contributed by atoms with E-state index in [2.05, 4.69) is 45.7 Å². The van der Waals surface area contributed by atoms with Crippen LogP contribution in [0.3, 0.4) is 0 Å². The molecule has 4 heteroatoms. The number of hydrogen-bond acceptors (Lipinski definition) is 2. The van der Waals surface area contributed by atoms with Gasteiger partial charge in [-0.1, -0.05) is 13.8 Å². The SMILES string of the molecule is CC(C)CC(N)Cc1cc(Br)c(Br)o1. The Morgan fingerprint density at radius 1 is 1.43 bits per heavy atom. The van der Waals surface area contributed by atoms with E-state index in [-0.39, 0.29) is 6.04 Å². The van der Waals surface area contributed by atoms with Crippen molar-refractivity contribution in [3.63, 3.8) is 0 Å². The Bertz CT molecular complexity index is 277. The predicted octanol–water partition coefficient (Wildman–Crippen LogP) is 3.72. The molecule has 1 heterocycles. The first kappa shape index (κ1) is 12.3. The van der Waals surface area contributed by atoms with Crippen LogP contribution >= 0.6 is 31.9 Å². The molecule has 0 amide bonds. The standard InChI is InChI=1S/C10H15Br2NO/c1-6(2)3-7(13)4-8-5-9(11)10(12)14-8/h5-7H,3-4,13H2,1-2H3. The van der Waals surface area contributed by atoms with Crippen molar-refractivity contribution in [2.75, 3.05) is 0 Å². The molecule has 0 saturated carbocycles. The van der Waals surface area contributed by atoms with Crippen LogP contribution in [0.4, 0.5) is 0 Å². The smallest absolute Gasteiger partial charge is 0.183 e. The second-order valence-electron chi connectivity index (χ2n) is 3.93. The molecule has 14 heavy (non-hydrogen) atoms. The number of halogens is 2. The summed E-state index contributed by atoms with van der Waals surface area (Å²) < 4.78 is 7.14. The molecule has 0 aliphatic carbocycles. The lowest BCUT2D eigenvalue weighted by Gasteiger charge is -2.11. The van der Waals surface area contributed by atoms with Crippen LogP contribution in [-0.4, -0.2) is 6.04 Å². The summed E-state index contributed by atoms with van der Waals surface area (Å²) in [5.74, 6) is 1.56. The molecule has 1 unspecified atom stereocenters. The monoisotopic (exact) mass is 323 g/mol. The van der Waals surface area contributed by atoms with Crippen LogP contribution in [0, 0.1) is 5.92 Å². The van der Waals surface area contributed by atoms with Crippen molar-refractivity contribution in [3.8, 4) is 0 Å². The molecular formula is C10H15Br2NO. The van der Waals surface area contributed by atoms with Gasteiger partial charge in [0.2, 0.25) is 0 Å². The molecule has 1 rings (SSSR count). The van der Waals surface area contributed by atoms with E-state index >= 15 is 0 Å². The summed E-state index contributed by atoms with van der Waals surface area (Å²) in [4.78, 5) is 0. The van der Waals surface area contributed by atoms with E-state index in [1.165, 1.54) is 0 Å². The quantitative estimate of drug-likeness (QED) is 0.916. The number of nitrogens with two attached hydrogens (primary N) is 1. The molecule has 1 aromatic rings. The lowest BCUT2D eigenvalue weighted by atomic mass is 10.0. The molecule has 0 aliphatic heterocycles. The van der Waals surface area contributed by atoms with Gasteiger partial charge in [-0.15, -0.1) is 0 Å². The number of furan rings is 1. The van der Waals surface area contributed by atoms with Crippen molar-refractivity contribution in [3.05, 3.63) is 21.0 Å². The summed E-state index contributed by atoms with van der Waals surface area (Å²) in [6.45, 7) is 4.35. The Balaban J connectivity index is 2.51. The van der Waals surface area contributed by atoms with E-state index in [0.717, 1.165) is 27.7 Å². The van der Waals surface area contributed by atoms with Crippen LogP contribution in [-0.2, 0) is 6.42 Å². The molecule has 0 spiro atoms. The highest BCUT2D eigenvalue weighted by molar-refractivity contribution is 9.13. The van der Waals surface area contributed by atoms with Crippen molar-refractivity contribution >= 4 is 31.9 Å². The van der Waals surface area contributed by atoms with Crippen LogP contribution in [0.5, 0.6) is 0 Å². The van der Waals surface area contributed by atoms with E-state index in [9.17, 15) is 0 Å². The van der Waals surface area contributed by atoms with Gasteiger partial charge in [0.25, 0.3) is 0 Å². The van der Waals surface area contributed by atoms with Gasteiger partial charge in [0.05, 0.1) is 4.47 Å². The molecule has 0 aromatic carbocycles. The second kappa shape index (κ2) is 5.33. The summed E-state index contributed by atoms with van der Waals surface area (Å²) >= 11 is 6.68. The Labute approximate surface area is 101 Å². The van der Waals surface area contributed by atoms with Gasteiger partial charge in [-0.25, -0.2) is 0 Å². The minimum atomic E-state index is 0.181. The molecule has 2 N–H and O–H groups in total. The van der Waals surface area contributed by atoms with Gasteiger partial charge < -0.3 is 10.2 Å². The molecule has 1 aromatic heterocycles. The van der Waals surface area contributed by atoms with Gasteiger partial charge >= 0.3 is 0 Å². The lowest BCUT2D eigenvalue weighted by molar-refractivity contribution is 0.431. The molecule has 0 saturated heterocycles. The average molecular weight is 325 g/mol. The summed E-state index contributed by atoms with van der Waals surface area (Å²) in [6, 6.07) is 2.14. The molecule has 0 fully saturated rings. The van der Waals surface area contributed by atoms with Gasteiger partial charge in [-0.3, -0.25) is 0 Å². The summed E-state index contributed by atoms with van der Waals surface area (Å²) in [5.41, 5.74) is 5.98. The van der Waals surface area contributed by atoms with Crippen LogP contribution < -0.4 is 5.73 Å². The third kappa shape index (κ3) is 3.75. The van der Waals surface area contributed by atoms with Crippen molar-refractivity contribution in [1.82, 2.24) is 0 Å². The minimum absolute atomic E-state index is 0.181. The van der Waals surface area contributed by atoms with Crippen molar-refractivity contribution in [1.29, 1.82) is 0 Å². The maximum atomic E-state index is 5.98. The van der Waals surface area contributed by atoms with E-state index in [1.807, 2.05) is 6.07 Å². The molecule has 2 nitrogen and oxygen atoms in total. The Kier molecular flexibility index (Phi) is 4.67. The molecule has 80 valence electrons. The van der Waals surface area contributed by atoms with E-state index < -0.39 is 0 Å². The van der Waals surface area contributed by atoms with Gasteiger partial charge in [0.15, 0.2) is 4.67 Å². The highest BCUT2D eigenvalue weighted by Gasteiger charge is 2.11. The normalized spacial score (nSPS) is 13.6. The fourth-order valence-corrected chi connectivity index (χ4v) is 2.10. The molecular weight excluding hydrogens is 310 g/mol. The van der Waals surface area contributed by atoms with E-state index in [1.54, 1.807) is 0 Å². The predicted molar refractivity (Wildman–Crippen MR) is 65.2 cm³/mol. The van der Waals surface area contributed by atoms with Crippen LogP contribution in [0.15, 0.2) is 19.6 Å². The largest absolute Gasteiger partial charge is 0.453 e. The van der Waals surface area contributed by atoms with Gasteiger partial charge in [0.1, 0.15) is 5.76 Å². The second-order valence-corrected chi connectivity index (χ2v) is 5.50.